The predicted octanol–water partition coefficient (Wildman–Crippen LogP) is 4.64. The fourth-order valence-electron chi connectivity index (χ4n) is 2.07. The van der Waals surface area contributed by atoms with Crippen LogP contribution in [0.4, 0.5) is 0 Å². The molecular weight excluding hydrogens is 302 g/mol. The van der Waals surface area contributed by atoms with Crippen molar-refractivity contribution in [2.75, 3.05) is 13.7 Å². The highest BCUT2D eigenvalue weighted by molar-refractivity contribution is 6.03. The van der Waals surface area contributed by atoms with Gasteiger partial charge in [0.15, 0.2) is 17.3 Å². The third kappa shape index (κ3) is 6.45. The standard InChI is InChI=1S/C20H27NO3/c1-14(2)13-24-19-10-15(7-8-18(19)23-6)9-16(12-21)17(22)11-20(3,4)5/h7-10,14H,11,13H2,1-6H3/b16-9-. The van der Waals surface area contributed by atoms with Gasteiger partial charge in [-0.05, 0) is 35.1 Å². The van der Waals surface area contributed by atoms with E-state index in [1.807, 2.05) is 32.9 Å². The number of methoxy groups -OCH3 is 1. The van der Waals surface area contributed by atoms with Gasteiger partial charge in [0.2, 0.25) is 0 Å². The zero-order valence-corrected chi connectivity index (χ0v) is 15.5. The number of Topliss-reactive ketones (excluding diaryl/α,β-unsaturated/α-hetero) is 1. The first-order chi connectivity index (χ1) is 11.2. The van der Waals surface area contributed by atoms with Crippen LogP contribution in [0.2, 0.25) is 0 Å². The van der Waals surface area contributed by atoms with Crippen LogP contribution < -0.4 is 9.47 Å². The van der Waals surface area contributed by atoms with E-state index in [-0.39, 0.29) is 16.8 Å². The highest BCUT2D eigenvalue weighted by Crippen LogP contribution is 2.30. The maximum atomic E-state index is 12.3. The SMILES string of the molecule is COc1ccc(/C=C(/C#N)C(=O)CC(C)(C)C)cc1OCC(C)C. The molecule has 4 nitrogen and oxygen atoms in total. The van der Waals surface area contributed by atoms with Crippen molar-refractivity contribution in [3.8, 4) is 17.6 Å². The Labute approximate surface area is 145 Å². The van der Waals surface area contributed by atoms with Crippen LogP contribution in [0.1, 0.15) is 46.6 Å². The van der Waals surface area contributed by atoms with Gasteiger partial charge in [0.1, 0.15) is 6.07 Å². The Bertz CT molecular complexity index is 646. The van der Waals surface area contributed by atoms with Gasteiger partial charge in [-0.3, -0.25) is 4.79 Å². The van der Waals surface area contributed by atoms with Crippen molar-refractivity contribution in [1.82, 2.24) is 0 Å². The molecule has 0 amide bonds. The summed E-state index contributed by atoms with van der Waals surface area (Å²) in [6, 6.07) is 7.40. The summed E-state index contributed by atoms with van der Waals surface area (Å²) in [5.41, 5.74) is 0.747. The van der Waals surface area contributed by atoms with Gasteiger partial charge in [-0.15, -0.1) is 0 Å². The number of allylic oxidation sites excluding steroid dienone is 1. The van der Waals surface area contributed by atoms with E-state index in [0.717, 1.165) is 5.56 Å². The number of nitrogens with zero attached hydrogens (tertiary/aromatic N) is 1. The number of ether oxygens (including phenoxy) is 2. The summed E-state index contributed by atoms with van der Waals surface area (Å²) in [5, 5.41) is 9.31. The van der Waals surface area contributed by atoms with Gasteiger partial charge in [0.25, 0.3) is 0 Å². The average Bonchev–Trinajstić information content (AvgIpc) is 2.48. The smallest absolute Gasteiger partial charge is 0.173 e. The minimum absolute atomic E-state index is 0.148. The Morgan fingerprint density at radius 2 is 1.96 bits per heavy atom. The molecule has 24 heavy (non-hydrogen) atoms. The van der Waals surface area contributed by atoms with Crippen LogP contribution >= 0.6 is 0 Å². The zero-order chi connectivity index (χ0) is 18.3. The third-order valence-electron chi connectivity index (χ3n) is 3.18. The summed E-state index contributed by atoms with van der Waals surface area (Å²) < 4.78 is 11.1. The Balaban J connectivity index is 3.09. The van der Waals surface area contributed by atoms with E-state index in [2.05, 4.69) is 13.8 Å². The van der Waals surface area contributed by atoms with Crippen molar-refractivity contribution >= 4 is 11.9 Å². The molecule has 0 saturated heterocycles. The van der Waals surface area contributed by atoms with E-state index in [1.165, 1.54) is 0 Å². The fourth-order valence-corrected chi connectivity index (χ4v) is 2.07. The lowest BCUT2D eigenvalue weighted by Gasteiger charge is -2.16. The molecule has 130 valence electrons. The van der Waals surface area contributed by atoms with E-state index in [4.69, 9.17) is 9.47 Å². The molecule has 0 aliphatic rings. The Morgan fingerprint density at radius 3 is 2.46 bits per heavy atom. The number of hydrogen-bond acceptors (Lipinski definition) is 4. The molecule has 4 heteroatoms. The summed E-state index contributed by atoms with van der Waals surface area (Å²) in [5.74, 6) is 1.48. The number of rotatable bonds is 7. The van der Waals surface area contributed by atoms with Crippen molar-refractivity contribution < 1.29 is 14.3 Å². The van der Waals surface area contributed by atoms with Crippen molar-refractivity contribution in [3.05, 3.63) is 29.3 Å². The maximum Gasteiger partial charge on any atom is 0.173 e. The van der Waals surface area contributed by atoms with Gasteiger partial charge in [-0.2, -0.15) is 5.26 Å². The highest BCUT2D eigenvalue weighted by atomic mass is 16.5. The molecule has 0 unspecified atom stereocenters. The van der Waals surface area contributed by atoms with Crippen LogP contribution in [0.3, 0.4) is 0 Å². The molecule has 0 bridgehead atoms. The highest BCUT2D eigenvalue weighted by Gasteiger charge is 2.19. The molecule has 0 fully saturated rings. The van der Waals surface area contributed by atoms with Gasteiger partial charge >= 0.3 is 0 Å². The predicted molar refractivity (Wildman–Crippen MR) is 96.0 cm³/mol. The molecule has 0 aliphatic carbocycles. The lowest BCUT2D eigenvalue weighted by atomic mass is 9.87. The molecular formula is C20H27NO3. The van der Waals surface area contributed by atoms with Gasteiger partial charge < -0.3 is 9.47 Å². The van der Waals surface area contributed by atoms with Crippen molar-refractivity contribution in [1.29, 1.82) is 5.26 Å². The lowest BCUT2D eigenvalue weighted by molar-refractivity contribution is -0.116. The minimum Gasteiger partial charge on any atom is -0.493 e. The van der Waals surface area contributed by atoms with Crippen molar-refractivity contribution in [2.24, 2.45) is 11.3 Å². The second-order valence-corrected chi connectivity index (χ2v) is 7.45. The van der Waals surface area contributed by atoms with Crippen molar-refractivity contribution in [3.63, 3.8) is 0 Å². The molecule has 0 saturated carbocycles. The molecule has 0 aromatic heterocycles. The number of nitriles is 1. The van der Waals surface area contributed by atoms with Crippen LogP contribution in [0.25, 0.3) is 6.08 Å². The second kappa shape index (κ2) is 8.54. The topological polar surface area (TPSA) is 59.3 Å². The largest absolute Gasteiger partial charge is 0.493 e. The quantitative estimate of drug-likeness (QED) is 0.540. The van der Waals surface area contributed by atoms with Crippen LogP contribution in [0.5, 0.6) is 11.5 Å². The molecule has 0 atom stereocenters. The number of carbonyl (C=O) groups excluding carboxylic acids is 1. The fraction of sp³-hybridized carbons (Fsp3) is 0.500. The minimum atomic E-state index is -0.154. The second-order valence-electron chi connectivity index (χ2n) is 7.45. The van der Waals surface area contributed by atoms with E-state index in [1.54, 1.807) is 25.3 Å². The van der Waals surface area contributed by atoms with Crippen LogP contribution in [-0.4, -0.2) is 19.5 Å². The lowest BCUT2D eigenvalue weighted by Crippen LogP contribution is -2.14. The maximum absolute atomic E-state index is 12.3. The van der Waals surface area contributed by atoms with Gasteiger partial charge in [0, 0.05) is 6.42 Å². The van der Waals surface area contributed by atoms with E-state index in [0.29, 0.717) is 30.4 Å². The van der Waals surface area contributed by atoms with Crippen LogP contribution in [0.15, 0.2) is 23.8 Å². The number of hydrogen-bond donors (Lipinski definition) is 0. The molecule has 0 heterocycles. The van der Waals surface area contributed by atoms with E-state index >= 15 is 0 Å². The number of carbonyl (C=O) groups is 1. The molecule has 1 aromatic carbocycles. The molecule has 0 aliphatic heterocycles. The molecule has 1 rings (SSSR count). The molecule has 0 N–H and O–H groups in total. The first-order valence-electron chi connectivity index (χ1n) is 8.12. The number of benzene rings is 1. The first-order valence-corrected chi connectivity index (χ1v) is 8.12. The normalized spacial score (nSPS) is 12.0. The van der Waals surface area contributed by atoms with Crippen LogP contribution in [0, 0.1) is 22.7 Å². The summed E-state index contributed by atoms with van der Waals surface area (Å²) >= 11 is 0. The van der Waals surface area contributed by atoms with Crippen LogP contribution in [-0.2, 0) is 4.79 Å². The van der Waals surface area contributed by atoms with E-state index < -0.39 is 0 Å². The Hall–Kier alpha value is -2.28. The van der Waals surface area contributed by atoms with Gasteiger partial charge in [-0.1, -0.05) is 40.7 Å². The first kappa shape index (κ1) is 19.8. The Morgan fingerprint density at radius 1 is 1.29 bits per heavy atom. The molecule has 0 spiro atoms. The Kier molecular flexibility index (Phi) is 7.03. The van der Waals surface area contributed by atoms with Crippen molar-refractivity contribution in [2.45, 2.75) is 41.0 Å². The molecule has 0 radical (unpaired) electrons. The summed E-state index contributed by atoms with van der Waals surface area (Å²) in [4.78, 5) is 12.3. The van der Waals surface area contributed by atoms with E-state index in [9.17, 15) is 10.1 Å². The van der Waals surface area contributed by atoms with Gasteiger partial charge in [-0.25, -0.2) is 0 Å². The molecule has 1 aromatic rings. The summed E-state index contributed by atoms with van der Waals surface area (Å²) in [7, 11) is 1.58. The third-order valence-corrected chi connectivity index (χ3v) is 3.18. The summed E-state index contributed by atoms with van der Waals surface area (Å²) in [6.07, 6.45) is 1.94. The monoisotopic (exact) mass is 329 g/mol. The van der Waals surface area contributed by atoms with Gasteiger partial charge in [0.05, 0.1) is 19.3 Å². The number of ketones is 1. The average molecular weight is 329 g/mol. The zero-order valence-electron chi connectivity index (χ0n) is 15.5. The summed E-state index contributed by atoms with van der Waals surface area (Å²) in [6.45, 7) is 10.6.